The van der Waals surface area contributed by atoms with E-state index >= 15 is 0 Å². The van der Waals surface area contributed by atoms with Gasteiger partial charge in [-0.2, -0.15) is 0 Å². The first-order chi connectivity index (χ1) is 12.4. The molecule has 0 saturated heterocycles. The van der Waals surface area contributed by atoms with Crippen molar-refractivity contribution in [1.29, 1.82) is 0 Å². The second kappa shape index (κ2) is 7.32. The molecular formula is C18H15ClF2O4S. The predicted octanol–water partition coefficient (Wildman–Crippen LogP) is 4.12. The molecule has 1 heterocycles. The minimum Gasteiger partial charge on any atom is -0.490 e. The first kappa shape index (κ1) is 18.8. The fraction of sp³-hybridized carbons (Fsp3) is 0.278. The Morgan fingerprint density at radius 2 is 1.77 bits per heavy atom. The summed E-state index contributed by atoms with van der Waals surface area (Å²) in [6.07, 6.45) is 0.923. The van der Waals surface area contributed by atoms with E-state index in [9.17, 15) is 22.0 Å². The smallest absolute Gasteiger partial charge is 0.186 e. The van der Waals surface area contributed by atoms with E-state index in [0.717, 1.165) is 12.1 Å². The summed E-state index contributed by atoms with van der Waals surface area (Å²) in [7, 11) is -4.07. The standard InChI is InChI=1S/C18H15ClF2O4S/c19-12-3-5-13(6-4-12)26(23,24)18-11(2-1-9-22)10-25-17-15(21)8-7-14(20)16(17)18/h3-9,11,18H,1-2,10H2/t11-,18+/m0/s1. The lowest BCUT2D eigenvalue weighted by atomic mass is 9.92. The van der Waals surface area contributed by atoms with Crippen LogP contribution in [0.4, 0.5) is 8.78 Å². The molecular weight excluding hydrogens is 386 g/mol. The van der Waals surface area contributed by atoms with Crippen molar-refractivity contribution in [2.75, 3.05) is 6.61 Å². The van der Waals surface area contributed by atoms with E-state index in [1.807, 2.05) is 0 Å². The van der Waals surface area contributed by atoms with Gasteiger partial charge in [0.2, 0.25) is 0 Å². The Bertz CT molecular complexity index is 929. The van der Waals surface area contributed by atoms with Gasteiger partial charge in [0.1, 0.15) is 17.4 Å². The quantitative estimate of drug-likeness (QED) is 0.708. The second-order valence-electron chi connectivity index (χ2n) is 6.01. The number of benzene rings is 2. The fourth-order valence-electron chi connectivity index (χ4n) is 3.17. The zero-order valence-corrected chi connectivity index (χ0v) is 15.1. The van der Waals surface area contributed by atoms with Crippen LogP contribution in [0, 0.1) is 17.6 Å². The van der Waals surface area contributed by atoms with Gasteiger partial charge in [-0.05, 0) is 42.8 Å². The molecule has 3 rings (SSSR count). The van der Waals surface area contributed by atoms with Gasteiger partial charge < -0.3 is 9.53 Å². The molecule has 0 spiro atoms. The number of aldehydes is 1. The highest BCUT2D eigenvalue weighted by Gasteiger charge is 2.43. The highest BCUT2D eigenvalue weighted by atomic mass is 35.5. The third-order valence-corrected chi connectivity index (χ3v) is 6.85. The molecule has 0 radical (unpaired) electrons. The van der Waals surface area contributed by atoms with Crippen LogP contribution in [0.2, 0.25) is 5.02 Å². The van der Waals surface area contributed by atoms with Crippen LogP contribution in [0.3, 0.4) is 0 Å². The maximum absolute atomic E-state index is 14.5. The molecule has 0 bridgehead atoms. The summed E-state index contributed by atoms with van der Waals surface area (Å²) >= 11 is 5.81. The molecule has 0 N–H and O–H groups in total. The van der Waals surface area contributed by atoms with Crippen molar-refractivity contribution in [3.05, 3.63) is 58.6 Å². The van der Waals surface area contributed by atoms with E-state index in [0.29, 0.717) is 11.3 Å². The van der Waals surface area contributed by atoms with Crippen LogP contribution >= 0.6 is 11.6 Å². The average molecular weight is 401 g/mol. The summed E-state index contributed by atoms with van der Waals surface area (Å²) in [4.78, 5) is 10.7. The van der Waals surface area contributed by atoms with Crippen molar-refractivity contribution < 1.29 is 26.7 Å². The lowest BCUT2D eigenvalue weighted by molar-refractivity contribution is -0.108. The summed E-state index contributed by atoms with van der Waals surface area (Å²) in [5.74, 6) is -2.77. The highest BCUT2D eigenvalue weighted by molar-refractivity contribution is 7.91. The number of sulfone groups is 1. The van der Waals surface area contributed by atoms with Crippen LogP contribution < -0.4 is 4.74 Å². The number of carbonyl (C=O) groups is 1. The lowest BCUT2D eigenvalue weighted by Crippen LogP contribution is -2.33. The molecule has 0 unspecified atom stereocenters. The van der Waals surface area contributed by atoms with E-state index in [1.54, 1.807) is 0 Å². The van der Waals surface area contributed by atoms with Crippen LogP contribution in [-0.4, -0.2) is 21.3 Å². The molecule has 2 atom stereocenters. The number of halogens is 3. The molecule has 2 aromatic carbocycles. The Hall–Kier alpha value is -1.99. The molecule has 1 aliphatic heterocycles. The maximum atomic E-state index is 14.5. The molecule has 1 aliphatic rings. The number of fused-ring (bicyclic) bond motifs is 1. The topological polar surface area (TPSA) is 60.4 Å². The summed E-state index contributed by atoms with van der Waals surface area (Å²) in [6.45, 7) is -0.126. The van der Waals surface area contributed by atoms with Gasteiger partial charge in [-0.1, -0.05) is 11.6 Å². The Balaban J connectivity index is 2.18. The monoisotopic (exact) mass is 400 g/mol. The Morgan fingerprint density at radius 1 is 1.12 bits per heavy atom. The minimum absolute atomic E-state index is 0.0560. The van der Waals surface area contributed by atoms with Crippen molar-refractivity contribution in [1.82, 2.24) is 0 Å². The zero-order valence-electron chi connectivity index (χ0n) is 13.5. The largest absolute Gasteiger partial charge is 0.490 e. The van der Waals surface area contributed by atoms with Gasteiger partial charge in [0, 0.05) is 17.4 Å². The fourth-order valence-corrected chi connectivity index (χ4v) is 5.36. The molecule has 8 heteroatoms. The molecule has 0 aliphatic carbocycles. The van der Waals surface area contributed by atoms with Gasteiger partial charge in [0.15, 0.2) is 21.4 Å². The van der Waals surface area contributed by atoms with Gasteiger partial charge in [0.25, 0.3) is 0 Å². The van der Waals surface area contributed by atoms with E-state index in [2.05, 4.69) is 0 Å². The molecule has 0 saturated carbocycles. The molecule has 2 aromatic rings. The van der Waals surface area contributed by atoms with Crippen LogP contribution in [0.1, 0.15) is 23.7 Å². The first-order valence-electron chi connectivity index (χ1n) is 7.90. The first-order valence-corrected chi connectivity index (χ1v) is 9.82. The van der Waals surface area contributed by atoms with Crippen molar-refractivity contribution in [2.24, 2.45) is 5.92 Å². The van der Waals surface area contributed by atoms with Crippen molar-refractivity contribution in [3.63, 3.8) is 0 Å². The number of hydrogen-bond donors (Lipinski definition) is 0. The summed E-state index contributed by atoms with van der Waals surface area (Å²) < 4.78 is 60.3. The molecule has 0 fully saturated rings. The summed E-state index contributed by atoms with van der Waals surface area (Å²) in [6, 6.07) is 7.24. The van der Waals surface area contributed by atoms with E-state index in [1.165, 1.54) is 24.3 Å². The average Bonchev–Trinajstić information content (AvgIpc) is 2.62. The minimum atomic E-state index is -4.07. The lowest BCUT2D eigenvalue weighted by Gasteiger charge is -2.33. The molecule has 26 heavy (non-hydrogen) atoms. The van der Waals surface area contributed by atoms with E-state index in [4.69, 9.17) is 16.3 Å². The van der Waals surface area contributed by atoms with Crippen LogP contribution in [0.25, 0.3) is 0 Å². The van der Waals surface area contributed by atoms with Gasteiger partial charge in [-0.25, -0.2) is 17.2 Å². The van der Waals surface area contributed by atoms with Crippen LogP contribution in [-0.2, 0) is 14.6 Å². The Morgan fingerprint density at radius 3 is 2.42 bits per heavy atom. The van der Waals surface area contributed by atoms with Gasteiger partial charge in [-0.15, -0.1) is 0 Å². The third-order valence-electron chi connectivity index (χ3n) is 4.38. The maximum Gasteiger partial charge on any atom is 0.186 e. The van der Waals surface area contributed by atoms with Crippen LogP contribution in [0.15, 0.2) is 41.3 Å². The van der Waals surface area contributed by atoms with Crippen molar-refractivity contribution >= 4 is 27.7 Å². The highest BCUT2D eigenvalue weighted by Crippen LogP contribution is 2.46. The van der Waals surface area contributed by atoms with Crippen LogP contribution in [0.5, 0.6) is 5.75 Å². The normalized spacial score (nSPS) is 19.5. The zero-order chi connectivity index (χ0) is 18.9. The predicted molar refractivity (Wildman–Crippen MR) is 92.0 cm³/mol. The van der Waals surface area contributed by atoms with Gasteiger partial charge >= 0.3 is 0 Å². The summed E-state index contributed by atoms with van der Waals surface area (Å²) in [5.41, 5.74) is -0.331. The van der Waals surface area contributed by atoms with E-state index in [-0.39, 0.29) is 29.9 Å². The number of rotatable bonds is 5. The Kier molecular flexibility index (Phi) is 5.29. The number of carbonyl (C=O) groups excluding carboxylic acids is 1. The number of ether oxygens (including phenoxy) is 1. The van der Waals surface area contributed by atoms with Crippen molar-refractivity contribution in [2.45, 2.75) is 23.0 Å². The number of hydrogen-bond acceptors (Lipinski definition) is 4. The molecule has 138 valence electrons. The second-order valence-corrected chi connectivity index (χ2v) is 8.51. The van der Waals surface area contributed by atoms with Crippen molar-refractivity contribution in [3.8, 4) is 5.75 Å². The molecule has 0 aromatic heterocycles. The third kappa shape index (κ3) is 3.33. The molecule has 0 amide bonds. The Labute approximate surface area is 154 Å². The van der Waals surface area contributed by atoms with E-state index < -0.39 is 38.4 Å². The van der Waals surface area contributed by atoms with Gasteiger partial charge in [0.05, 0.1) is 17.1 Å². The molecule has 4 nitrogen and oxygen atoms in total. The SMILES string of the molecule is O=CCC[C@H]1COc2c(F)ccc(F)c2[C@@H]1S(=O)(=O)c1ccc(Cl)cc1. The van der Waals surface area contributed by atoms with Gasteiger partial charge in [-0.3, -0.25) is 0 Å². The summed E-state index contributed by atoms with van der Waals surface area (Å²) in [5, 5.41) is -1.01.